The average molecular weight is 296 g/mol. The Morgan fingerprint density at radius 2 is 1.52 bits per heavy atom. The molecule has 0 aromatic heterocycles. The first-order valence-corrected chi connectivity index (χ1v) is 7.49. The Hall–Kier alpha value is -1.83. The first-order chi connectivity index (χ1) is 10.2. The molecule has 21 heavy (non-hydrogen) atoms. The van der Waals surface area contributed by atoms with E-state index in [0.29, 0.717) is 0 Å². The molecule has 0 heterocycles. The van der Waals surface area contributed by atoms with Crippen molar-refractivity contribution < 1.29 is 0 Å². The summed E-state index contributed by atoms with van der Waals surface area (Å²) in [6.07, 6.45) is 0. The molecule has 0 aliphatic rings. The van der Waals surface area contributed by atoms with Crippen LogP contribution in [0.15, 0.2) is 60.7 Å². The monoisotopic (exact) mass is 295 g/mol. The van der Waals surface area contributed by atoms with E-state index in [1.165, 1.54) is 22.1 Å². The van der Waals surface area contributed by atoms with Gasteiger partial charge in [-0.05, 0) is 36.6 Å². The van der Waals surface area contributed by atoms with E-state index in [0.717, 1.165) is 10.4 Å². The Kier molecular flexibility index (Phi) is 3.96. The fourth-order valence-corrected chi connectivity index (χ4v) is 3.03. The first kappa shape index (κ1) is 14.1. The summed E-state index contributed by atoms with van der Waals surface area (Å²) in [5.41, 5.74) is 3.78. The predicted octanol–water partition coefficient (Wildman–Crippen LogP) is 5.11. The van der Waals surface area contributed by atoms with Crippen molar-refractivity contribution in [2.75, 3.05) is 7.05 Å². The highest BCUT2D eigenvalue weighted by Crippen LogP contribution is 2.32. The zero-order valence-corrected chi connectivity index (χ0v) is 13.0. The van der Waals surface area contributed by atoms with Crippen molar-refractivity contribution in [2.24, 2.45) is 0 Å². The summed E-state index contributed by atoms with van der Waals surface area (Å²) in [7, 11) is 1.99. The van der Waals surface area contributed by atoms with Gasteiger partial charge in [0.25, 0.3) is 0 Å². The Morgan fingerprint density at radius 1 is 0.857 bits per heavy atom. The highest BCUT2D eigenvalue weighted by molar-refractivity contribution is 6.35. The van der Waals surface area contributed by atoms with E-state index < -0.39 is 0 Å². The van der Waals surface area contributed by atoms with Crippen molar-refractivity contribution in [2.45, 2.75) is 13.0 Å². The Bertz CT molecular complexity index is 762. The number of hydrogen-bond donors (Lipinski definition) is 1. The molecule has 0 spiro atoms. The van der Waals surface area contributed by atoms with Crippen LogP contribution in [0.25, 0.3) is 10.8 Å². The summed E-state index contributed by atoms with van der Waals surface area (Å²) >= 11 is 6.32. The van der Waals surface area contributed by atoms with E-state index in [4.69, 9.17) is 11.6 Å². The van der Waals surface area contributed by atoms with Gasteiger partial charge in [-0.25, -0.2) is 0 Å². The minimum absolute atomic E-state index is 0.160. The maximum atomic E-state index is 6.32. The van der Waals surface area contributed by atoms with Gasteiger partial charge < -0.3 is 5.32 Å². The fourth-order valence-electron chi connectivity index (χ4n) is 2.80. The second-order valence-electron chi connectivity index (χ2n) is 5.31. The molecule has 0 aliphatic carbocycles. The van der Waals surface area contributed by atoms with Crippen LogP contribution in [0.4, 0.5) is 0 Å². The van der Waals surface area contributed by atoms with Gasteiger partial charge in [0.1, 0.15) is 0 Å². The maximum Gasteiger partial charge on any atom is 0.0580 e. The van der Waals surface area contributed by atoms with Crippen molar-refractivity contribution in [1.82, 2.24) is 5.32 Å². The summed E-state index contributed by atoms with van der Waals surface area (Å²) in [5, 5.41) is 6.52. The van der Waals surface area contributed by atoms with E-state index in [9.17, 15) is 0 Å². The third kappa shape index (κ3) is 2.67. The molecule has 3 aromatic carbocycles. The van der Waals surface area contributed by atoms with Crippen molar-refractivity contribution in [1.29, 1.82) is 0 Å². The molecule has 2 heteroatoms. The minimum Gasteiger partial charge on any atom is -0.309 e. The lowest BCUT2D eigenvalue weighted by atomic mass is 9.93. The highest BCUT2D eigenvalue weighted by Gasteiger charge is 2.15. The summed E-state index contributed by atoms with van der Waals surface area (Å²) in [6.45, 7) is 2.11. The molecule has 0 saturated heterocycles. The van der Waals surface area contributed by atoms with Gasteiger partial charge in [-0.2, -0.15) is 0 Å². The minimum atomic E-state index is 0.160. The van der Waals surface area contributed by atoms with Gasteiger partial charge in [0, 0.05) is 10.4 Å². The van der Waals surface area contributed by atoms with Crippen molar-refractivity contribution in [3.8, 4) is 0 Å². The SMILES string of the molecule is CNC(c1ccc(C)cc1)c1ccc(Cl)c2ccccc12. The Labute approximate surface area is 130 Å². The molecule has 1 nitrogen and oxygen atoms in total. The fraction of sp³-hybridized carbons (Fsp3) is 0.158. The molecule has 1 unspecified atom stereocenters. The number of hydrogen-bond acceptors (Lipinski definition) is 1. The molecular weight excluding hydrogens is 278 g/mol. The lowest BCUT2D eigenvalue weighted by molar-refractivity contribution is 0.697. The number of fused-ring (bicyclic) bond motifs is 1. The van der Waals surface area contributed by atoms with Gasteiger partial charge in [0.2, 0.25) is 0 Å². The molecule has 0 bridgehead atoms. The Balaban J connectivity index is 2.17. The third-order valence-electron chi connectivity index (χ3n) is 3.91. The quantitative estimate of drug-likeness (QED) is 0.708. The number of halogens is 1. The number of benzene rings is 3. The normalized spacial score (nSPS) is 12.5. The van der Waals surface area contributed by atoms with Crippen LogP contribution in [-0.4, -0.2) is 7.05 Å². The standard InChI is InChI=1S/C19H18ClN/c1-13-7-9-14(10-8-13)19(21-2)17-11-12-18(20)16-6-4-3-5-15(16)17/h3-12,19,21H,1-2H3. The molecule has 0 aliphatic heterocycles. The molecule has 3 aromatic rings. The topological polar surface area (TPSA) is 12.0 Å². The molecule has 0 fully saturated rings. The van der Waals surface area contributed by atoms with Gasteiger partial charge in [-0.1, -0.05) is 71.8 Å². The smallest absolute Gasteiger partial charge is 0.0580 e. The Morgan fingerprint density at radius 3 is 2.19 bits per heavy atom. The molecule has 0 amide bonds. The van der Waals surface area contributed by atoms with Gasteiger partial charge in [0.05, 0.1) is 6.04 Å². The predicted molar refractivity (Wildman–Crippen MR) is 91.0 cm³/mol. The van der Waals surface area contributed by atoms with Crippen LogP contribution in [-0.2, 0) is 0 Å². The van der Waals surface area contributed by atoms with Gasteiger partial charge in [-0.3, -0.25) is 0 Å². The number of aryl methyl sites for hydroxylation is 1. The van der Waals surface area contributed by atoms with Gasteiger partial charge in [-0.15, -0.1) is 0 Å². The van der Waals surface area contributed by atoms with Crippen LogP contribution in [0, 0.1) is 6.92 Å². The molecular formula is C19H18ClN. The van der Waals surface area contributed by atoms with Crippen LogP contribution < -0.4 is 5.32 Å². The lowest BCUT2D eigenvalue weighted by Crippen LogP contribution is -2.18. The summed E-state index contributed by atoms with van der Waals surface area (Å²) in [6, 6.07) is 21.2. The molecule has 1 atom stereocenters. The maximum absolute atomic E-state index is 6.32. The van der Waals surface area contributed by atoms with Crippen molar-refractivity contribution >= 4 is 22.4 Å². The highest BCUT2D eigenvalue weighted by atomic mass is 35.5. The van der Waals surface area contributed by atoms with E-state index >= 15 is 0 Å². The van der Waals surface area contributed by atoms with Crippen LogP contribution in [0.2, 0.25) is 5.02 Å². The van der Waals surface area contributed by atoms with Gasteiger partial charge in [0.15, 0.2) is 0 Å². The summed E-state index contributed by atoms with van der Waals surface area (Å²) < 4.78 is 0. The average Bonchev–Trinajstić information content (AvgIpc) is 2.52. The largest absolute Gasteiger partial charge is 0.309 e. The van der Waals surface area contributed by atoms with E-state index in [1.807, 2.05) is 19.2 Å². The van der Waals surface area contributed by atoms with E-state index in [1.54, 1.807) is 0 Å². The summed E-state index contributed by atoms with van der Waals surface area (Å²) in [5.74, 6) is 0. The lowest BCUT2D eigenvalue weighted by Gasteiger charge is -2.20. The number of rotatable bonds is 3. The molecule has 1 N–H and O–H groups in total. The van der Waals surface area contributed by atoms with Gasteiger partial charge >= 0.3 is 0 Å². The zero-order chi connectivity index (χ0) is 14.8. The van der Waals surface area contributed by atoms with E-state index in [2.05, 4.69) is 60.8 Å². The molecule has 0 radical (unpaired) electrons. The van der Waals surface area contributed by atoms with Crippen LogP contribution in [0.1, 0.15) is 22.7 Å². The first-order valence-electron chi connectivity index (χ1n) is 7.11. The van der Waals surface area contributed by atoms with Crippen LogP contribution >= 0.6 is 11.6 Å². The zero-order valence-electron chi connectivity index (χ0n) is 12.2. The van der Waals surface area contributed by atoms with Crippen LogP contribution in [0.5, 0.6) is 0 Å². The molecule has 0 saturated carbocycles. The second kappa shape index (κ2) is 5.88. The molecule has 3 rings (SSSR count). The van der Waals surface area contributed by atoms with E-state index in [-0.39, 0.29) is 6.04 Å². The van der Waals surface area contributed by atoms with Crippen LogP contribution in [0.3, 0.4) is 0 Å². The summed E-state index contributed by atoms with van der Waals surface area (Å²) in [4.78, 5) is 0. The van der Waals surface area contributed by atoms with Crippen molar-refractivity contribution in [3.63, 3.8) is 0 Å². The van der Waals surface area contributed by atoms with Crippen molar-refractivity contribution in [3.05, 3.63) is 82.4 Å². The molecule has 106 valence electrons. The number of nitrogens with one attached hydrogen (secondary N) is 1. The second-order valence-corrected chi connectivity index (χ2v) is 5.72. The third-order valence-corrected chi connectivity index (χ3v) is 4.24.